The molecule has 2 aliphatic heterocycles. The zero-order valence-corrected chi connectivity index (χ0v) is 19.4. The van der Waals surface area contributed by atoms with Crippen molar-refractivity contribution in [3.8, 4) is 11.5 Å². The molecule has 0 amide bonds. The van der Waals surface area contributed by atoms with Crippen LogP contribution >= 0.6 is 12.2 Å². The van der Waals surface area contributed by atoms with E-state index in [1.165, 1.54) is 5.56 Å². The molecule has 1 fully saturated rings. The average molecular weight is 459 g/mol. The van der Waals surface area contributed by atoms with Crippen LogP contribution in [-0.4, -0.2) is 22.3 Å². The molecule has 168 valence electrons. The van der Waals surface area contributed by atoms with Gasteiger partial charge in [-0.2, -0.15) is 0 Å². The number of carbonyl (C=O) groups is 1. The molecule has 0 aromatic heterocycles. The quantitative estimate of drug-likeness (QED) is 0.321. The van der Waals surface area contributed by atoms with Crippen LogP contribution in [0.4, 0.5) is 0 Å². The lowest BCUT2D eigenvalue weighted by molar-refractivity contribution is -0.0128. The predicted octanol–water partition coefficient (Wildman–Crippen LogP) is 5.16. The molecule has 3 aromatic carbocycles. The van der Waals surface area contributed by atoms with E-state index in [1.807, 2.05) is 42.5 Å². The van der Waals surface area contributed by atoms with Gasteiger partial charge < -0.3 is 20.1 Å². The Labute approximate surface area is 199 Å². The Kier molecular flexibility index (Phi) is 5.33. The Morgan fingerprint density at radius 1 is 1.00 bits per heavy atom. The largest absolute Gasteiger partial charge is 0.468 e. The number of thiocarbonyl (C=S) groups is 1. The minimum atomic E-state index is -0.665. The number of carbonyl (C=O) groups excluding carboxylic acids is 1. The number of ether oxygens (including phenoxy) is 2. The molecule has 1 spiro atoms. The topological polar surface area (TPSA) is 59.6 Å². The second-order valence-electron chi connectivity index (χ2n) is 9.36. The highest BCUT2D eigenvalue weighted by atomic mass is 32.1. The number of rotatable bonds is 3. The molecule has 2 aliphatic rings. The van der Waals surface area contributed by atoms with Crippen molar-refractivity contribution in [3.63, 3.8) is 0 Å². The van der Waals surface area contributed by atoms with Crippen LogP contribution in [0.25, 0.3) is 0 Å². The predicted molar refractivity (Wildman–Crippen MR) is 132 cm³/mol. The van der Waals surface area contributed by atoms with Crippen molar-refractivity contribution in [1.82, 2.24) is 10.6 Å². The summed E-state index contributed by atoms with van der Waals surface area (Å²) in [6.07, 6.45) is 1.45. The molecule has 0 unspecified atom stereocenters. The van der Waals surface area contributed by atoms with Crippen molar-refractivity contribution < 1.29 is 14.3 Å². The van der Waals surface area contributed by atoms with E-state index in [1.54, 1.807) is 12.1 Å². The molecular weight excluding hydrogens is 432 g/mol. The Morgan fingerprint density at radius 2 is 1.70 bits per heavy atom. The number of hydrogen-bond donors (Lipinski definition) is 2. The van der Waals surface area contributed by atoms with Gasteiger partial charge in [0.2, 0.25) is 0 Å². The number of esters is 1. The van der Waals surface area contributed by atoms with E-state index in [9.17, 15) is 4.79 Å². The van der Waals surface area contributed by atoms with E-state index >= 15 is 0 Å². The van der Waals surface area contributed by atoms with Crippen LogP contribution in [0.3, 0.4) is 0 Å². The highest BCUT2D eigenvalue weighted by Gasteiger charge is 2.48. The molecule has 0 aliphatic carbocycles. The first-order valence-electron chi connectivity index (χ1n) is 11.1. The van der Waals surface area contributed by atoms with E-state index in [2.05, 4.69) is 48.7 Å². The van der Waals surface area contributed by atoms with Gasteiger partial charge in [0.15, 0.2) is 10.8 Å². The summed E-state index contributed by atoms with van der Waals surface area (Å²) in [6, 6.07) is 25.0. The third kappa shape index (κ3) is 4.44. The van der Waals surface area contributed by atoms with Gasteiger partial charge in [-0.3, -0.25) is 0 Å². The lowest BCUT2D eigenvalue weighted by atomic mass is 9.77. The maximum absolute atomic E-state index is 12.6. The third-order valence-corrected chi connectivity index (χ3v) is 6.35. The molecular formula is C27H26N2O3S. The van der Waals surface area contributed by atoms with Gasteiger partial charge in [0.1, 0.15) is 11.5 Å². The SMILES string of the molecule is CC1(C)C[C@]2(C[C@@H](c3ccccc3)c3ccc(OC(=O)c4ccccc4)cc3O2)NC(=S)N1. The van der Waals surface area contributed by atoms with Crippen LogP contribution in [0.5, 0.6) is 11.5 Å². The summed E-state index contributed by atoms with van der Waals surface area (Å²) >= 11 is 5.53. The smallest absolute Gasteiger partial charge is 0.343 e. The highest BCUT2D eigenvalue weighted by Crippen LogP contribution is 2.47. The fraction of sp³-hybridized carbons (Fsp3) is 0.259. The van der Waals surface area contributed by atoms with Crippen molar-refractivity contribution in [1.29, 1.82) is 0 Å². The summed E-state index contributed by atoms with van der Waals surface area (Å²) in [6.45, 7) is 4.24. The van der Waals surface area contributed by atoms with Crippen molar-refractivity contribution in [2.45, 2.75) is 43.9 Å². The second kappa shape index (κ2) is 8.19. The van der Waals surface area contributed by atoms with E-state index in [0.717, 1.165) is 18.4 Å². The van der Waals surface area contributed by atoms with Gasteiger partial charge in [0.05, 0.1) is 5.56 Å². The monoisotopic (exact) mass is 458 g/mol. The maximum Gasteiger partial charge on any atom is 0.343 e. The molecule has 0 radical (unpaired) electrons. The van der Waals surface area contributed by atoms with Crippen molar-refractivity contribution >= 4 is 23.3 Å². The molecule has 0 bridgehead atoms. The van der Waals surface area contributed by atoms with Crippen LogP contribution in [0, 0.1) is 0 Å². The zero-order valence-electron chi connectivity index (χ0n) is 18.6. The van der Waals surface area contributed by atoms with Gasteiger partial charge in [0.25, 0.3) is 0 Å². The Hall–Kier alpha value is -3.38. The van der Waals surface area contributed by atoms with Gasteiger partial charge in [-0.05, 0) is 49.8 Å². The Morgan fingerprint density at radius 3 is 2.39 bits per heavy atom. The van der Waals surface area contributed by atoms with Gasteiger partial charge in [0, 0.05) is 35.9 Å². The van der Waals surface area contributed by atoms with E-state index in [4.69, 9.17) is 21.7 Å². The van der Waals surface area contributed by atoms with E-state index in [-0.39, 0.29) is 11.5 Å². The summed E-state index contributed by atoms with van der Waals surface area (Å²) < 4.78 is 12.3. The fourth-order valence-corrected chi connectivity index (χ4v) is 5.36. The first kappa shape index (κ1) is 21.5. The molecule has 6 heteroatoms. The lowest BCUT2D eigenvalue weighted by Gasteiger charge is -2.50. The first-order valence-corrected chi connectivity index (χ1v) is 11.5. The van der Waals surface area contributed by atoms with Crippen molar-refractivity contribution in [2.75, 3.05) is 0 Å². The third-order valence-electron chi connectivity index (χ3n) is 6.14. The number of hydrogen-bond acceptors (Lipinski definition) is 4. The standard InChI is InChI=1S/C27H26N2O3S/c1-26(2)17-27(29-25(33)28-26)16-22(18-9-5-3-6-10-18)21-14-13-20(15-23(21)32-27)31-24(30)19-11-7-4-8-12-19/h3-15,22H,16-17H2,1-2H3,(H2,28,29,33)/t22-,27+/m0/s1. The Balaban J connectivity index is 1.52. The first-order chi connectivity index (χ1) is 15.8. The molecule has 33 heavy (non-hydrogen) atoms. The molecule has 2 heterocycles. The number of nitrogens with one attached hydrogen (secondary N) is 2. The van der Waals surface area contributed by atoms with Crippen molar-refractivity contribution in [3.05, 3.63) is 95.6 Å². The minimum Gasteiger partial charge on any atom is -0.468 e. The summed E-state index contributed by atoms with van der Waals surface area (Å²) in [4.78, 5) is 12.6. The van der Waals surface area contributed by atoms with Crippen LogP contribution in [-0.2, 0) is 0 Å². The van der Waals surface area contributed by atoms with Crippen molar-refractivity contribution in [2.24, 2.45) is 0 Å². The van der Waals surface area contributed by atoms with E-state index in [0.29, 0.717) is 22.2 Å². The van der Waals surface area contributed by atoms with Gasteiger partial charge >= 0.3 is 5.97 Å². The minimum absolute atomic E-state index is 0.109. The van der Waals surface area contributed by atoms with Crippen LogP contribution in [0.15, 0.2) is 78.9 Å². The van der Waals surface area contributed by atoms with E-state index < -0.39 is 11.7 Å². The van der Waals surface area contributed by atoms with Gasteiger partial charge in [-0.15, -0.1) is 0 Å². The normalized spacial score (nSPS) is 23.0. The zero-order chi connectivity index (χ0) is 23.1. The van der Waals surface area contributed by atoms with Crippen LogP contribution in [0.2, 0.25) is 0 Å². The summed E-state index contributed by atoms with van der Waals surface area (Å²) in [5.41, 5.74) is 1.89. The van der Waals surface area contributed by atoms with Gasteiger partial charge in [-0.1, -0.05) is 54.6 Å². The molecule has 0 saturated carbocycles. The molecule has 2 atom stereocenters. The fourth-order valence-electron chi connectivity index (χ4n) is 4.90. The van der Waals surface area contributed by atoms with Gasteiger partial charge in [-0.25, -0.2) is 4.79 Å². The molecule has 5 nitrogen and oxygen atoms in total. The number of fused-ring (bicyclic) bond motifs is 1. The lowest BCUT2D eigenvalue weighted by Crippen LogP contribution is -2.69. The summed E-state index contributed by atoms with van der Waals surface area (Å²) in [7, 11) is 0. The highest BCUT2D eigenvalue weighted by molar-refractivity contribution is 7.80. The second-order valence-corrected chi connectivity index (χ2v) is 9.77. The average Bonchev–Trinajstić information content (AvgIpc) is 2.78. The maximum atomic E-state index is 12.6. The Bertz CT molecular complexity index is 1200. The van der Waals surface area contributed by atoms with Crippen LogP contribution < -0.4 is 20.1 Å². The molecule has 5 rings (SSSR count). The molecule has 1 saturated heterocycles. The molecule has 3 aromatic rings. The number of benzene rings is 3. The molecule has 2 N–H and O–H groups in total. The summed E-state index contributed by atoms with van der Waals surface area (Å²) in [5.74, 6) is 0.852. The van der Waals surface area contributed by atoms with Crippen LogP contribution in [0.1, 0.15) is 54.1 Å². The summed E-state index contributed by atoms with van der Waals surface area (Å²) in [5, 5.41) is 7.31.